The van der Waals surface area contributed by atoms with Gasteiger partial charge in [-0.05, 0) is 36.8 Å². The Balaban J connectivity index is 1.59. The molecule has 10 heteroatoms. The van der Waals surface area contributed by atoms with Gasteiger partial charge in [0.2, 0.25) is 5.91 Å². The van der Waals surface area contributed by atoms with Gasteiger partial charge in [0.15, 0.2) is 6.10 Å². The van der Waals surface area contributed by atoms with Crippen molar-refractivity contribution in [2.24, 2.45) is 5.73 Å². The normalized spacial score (nSPS) is 14.9. The molecule has 3 amide bonds. The number of carbonyl (C=O) groups is 4. The summed E-state index contributed by atoms with van der Waals surface area (Å²) in [6, 6.07) is 15.0. The summed E-state index contributed by atoms with van der Waals surface area (Å²) in [5.74, 6) is -2.63. The van der Waals surface area contributed by atoms with Crippen molar-refractivity contribution in [2.75, 3.05) is 16.8 Å². The van der Waals surface area contributed by atoms with E-state index in [9.17, 15) is 24.3 Å². The number of nitrogens with one attached hydrogen (secondary N) is 1. The Morgan fingerprint density at radius 2 is 1.88 bits per heavy atom. The maximum atomic E-state index is 12.9. The van der Waals surface area contributed by atoms with Crippen LogP contribution in [0.1, 0.15) is 27.6 Å². The number of hydrogen-bond acceptors (Lipinski definition) is 6. The van der Waals surface area contributed by atoms with E-state index in [0.717, 1.165) is 10.4 Å². The van der Waals surface area contributed by atoms with E-state index < -0.39 is 29.8 Å². The standard InChI is InChI=1S/C23H19N3O6S/c1-12-22(29)26(16-8-7-14(23(30)31)9-17(16)32-12)11-19(27)25-21-15(20(24)28)10-18(33-21)13-5-3-2-4-6-13/h2-10,12H,11H2,1H3,(H2,24,28)(H,25,27)(H,30,31). The topological polar surface area (TPSA) is 139 Å². The van der Waals surface area contributed by atoms with E-state index in [1.165, 1.54) is 41.4 Å². The lowest BCUT2D eigenvalue weighted by atomic mass is 10.1. The lowest BCUT2D eigenvalue weighted by molar-refractivity contribution is -0.127. The molecule has 0 saturated heterocycles. The molecule has 4 N–H and O–H groups in total. The molecule has 0 aliphatic carbocycles. The van der Waals surface area contributed by atoms with E-state index in [1.807, 2.05) is 30.3 Å². The van der Waals surface area contributed by atoms with Gasteiger partial charge in [-0.15, -0.1) is 11.3 Å². The molecule has 0 bridgehead atoms. The van der Waals surface area contributed by atoms with Gasteiger partial charge in [0, 0.05) is 4.88 Å². The van der Waals surface area contributed by atoms with Crippen LogP contribution in [0.2, 0.25) is 0 Å². The molecule has 33 heavy (non-hydrogen) atoms. The second-order valence-corrected chi connectivity index (χ2v) is 8.36. The summed E-state index contributed by atoms with van der Waals surface area (Å²) in [7, 11) is 0. The molecule has 0 spiro atoms. The summed E-state index contributed by atoms with van der Waals surface area (Å²) in [6.45, 7) is 1.16. The Morgan fingerprint density at radius 3 is 2.55 bits per heavy atom. The average molecular weight is 465 g/mol. The van der Waals surface area contributed by atoms with Crippen molar-refractivity contribution >= 4 is 45.7 Å². The van der Waals surface area contributed by atoms with Crippen molar-refractivity contribution in [1.82, 2.24) is 0 Å². The second kappa shape index (κ2) is 8.75. The van der Waals surface area contributed by atoms with Gasteiger partial charge in [0.05, 0.1) is 16.8 Å². The summed E-state index contributed by atoms with van der Waals surface area (Å²) in [6.07, 6.45) is -0.901. The van der Waals surface area contributed by atoms with E-state index in [4.69, 9.17) is 10.5 Å². The van der Waals surface area contributed by atoms with Gasteiger partial charge in [-0.3, -0.25) is 19.3 Å². The number of thiophene rings is 1. The predicted molar refractivity (Wildman–Crippen MR) is 123 cm³/mol. The number of carboxylic acid groups (broad SMARTS) is 1. The molecule has 168 valence electrons. The minimum atomic E-state index is -1.14. The number of nitrogens with zero attached hydrogens (tertiary/aromatic N) is 1. The quantitative estimate of drug-likeness (QED) is 0.511. The number of anilines is 2. The minimum Gasteiger partial charge on any atom is -0.479 e. The fourth-order valence-electron chi connectivity index (χ4n) is 3.43. The molecule has 3 aromatic rings. The Labute approximate surface area is 192 Å². The first-order chi connectivity index (χ1) is 15.7. The van der Waals surface area contributed by atoms with Crippen LogP contribution < -0.4 is 20.7 Å². The van der Waals surface area contributed by atoms with Crippen LogP contribution in [0, 0.1) is 0 Å². The molecule has 2 heterocycles. The zero-order valence-corrected chi connectivity index (χ0v) is 18.2. The molecular weight excluding hydrogens is 446 g/mol. The van der Waals surface area contributed by atoms with E-state index >= 15 is 0 Å². The number of rotatable bonds is 6. The molecule has 1 unspecified atom stereocenters. The van der Waals surface area contributed by atoms with E-state index in [0.29, 0.717) is 0 Å². The van der Waals surface area contributed by atoms with Gasteiger partial charge >= 0.3 is 5.97 Å². The molecule has 1 aliphatic rings. The Kier molecular flexibility index (Phi) is 5.84. The van der Waals surface area contributed by atoms with Crippen LogP contribution in [0.25, 0.3) is 10.4 Å². The van der Waals surface area contributed by atoms with Crippen LogP contribution in [-0.2, 0) is 9.59 Å². The third-order valence-electron chi connectivity index (χ3n) is 5.03. The zero-order valence-electron chi connectivity index (χ0n) is 17.4. The molecule has 0 fully saturated rings. The molecular formula is C23H19N3O6S. The molecule has 1 aromatic heterocycles. The number of carboxylic acids is 1. The first-order valence-electron chi connectivity index (χ1n) is 9.89. The van der Waals surface area contributed by atoms with E-state index in [1.54, 1.807) is 6.07 Å². The minimum absolute atomic E-state index is 0.00201. The fraction of sp³-hybridized carbons (Fsp3) is 0.130. The van der Waals surface area contributed by atoms with Crippen LogP contribution in [0.15, 0.2) is 54.6 Å². The summed E-state index contributed by atoms with van der Waals surface area (Å²) in [5.41, 5.74) is 6.81. The van der Waals surface area contributed by atoms with Gasteiger partial charge in [0.1, 0.15) is 17.3 Å². The van der Waals surface area contributed by atoms with Gasteiger partial charge in [-0.2, -0.15) is 0 Å². The molecule has 4 rings (SSSR count). The van der Waals surface area contributed by atoms with Gasteiger partial charge < -0.3 is 20.9 Å². The van der Waals surface area contributed by atoms with Crippen molar-refractivity contribution < 1.29 is 29.0 Å². The SMILES string of the molecule is CC1Oc2cc(C(=O)O)ccc2N(CC(=O)Nc2sc(-c3ccccc3)cc2C(N)=O)C1=O. The Morgan fingerprint density at radius 1 is 1.15 bits per heavy atom. The van der Waals surface area contributed by atoms with Crippen LogP contribution in [0.3, 0.4) is 0 Å². The number of benzene rings is 2. The molecule has 1 atom stereocenters. The predicted octanol–water partition coefficient (Wildman–Crippen LogP) is 2.96. The number of amides is 3. The smallest absolute Gasteiger partial charge is 0.335 e. The number of carbonyl (C=O) groups excluding carboxylic acids is 3. The highest BCUT2D eigenvalue weighted by molar-refractivity contribution is 7.20. The highest BCUT2D eigenvalue weighted by Crippen LogP contribution is 2.37. The lowest BCUT2D eigenvalue weighted by Gasteiger charge is -2.32. The number of nitrogens with two attached hydrogens (primary N) is 1. The van der Waals surface area contributed by atoms with Crippen molar-refractivity contribution in [3.8, 4) is 16.2 Å². The maximum absolute atomic E-state index is 12.9. The Hall–Kier alpha value is -4.18. The van der Waals surface area contributed by atoms with Crippen LogP contribution >= 0.6 is 11.3 Å². The first-order valence-corrected chi connectivity index (χ1v) is 10.7. The van der Waals surface area contributed by atoms with Gasteiger partial charge in [0.25, 0.3) is 11.8 Å². The summed E-state index contributed by atoms with van der Waals surface area (Å²) >= 11 is 1.20. The number of aromatic carboxylic acids is 1. The number of ether oxygens (including phenoxy) is 1. The van der Waals surface area contributed by atoms with E-state index in [-0.39, 0.29) is 34.1 Å². The fourth-order valence-corrected chi connectivity index (χ4v) is 4.51. The van der Waals surface area contributed by atoms with E-state index in [2.05, 4.69) is 5.32 Å². The Bertz CT molecular complexity index is 1270. The molecule has 2 aromatic carbocycles. The highest BCUT2D eigenvalue weighted by atomic mass is 32.1. The monoisotopic (exact) mass is 465 g/mol. The highest BCUT2D eigenvalue weighted by Gasteiger charge is 2.33. The lowest BCUT2D eigenvalue weighted by Crippen LogP contribution is -2.47. The van der Waals surface area contributed by atoms with Crippen LogP contribution in [-0.4, -0.2) is 41.4 Å². The third-order valence-corrected chi connectivity index (χ3v) is 6.13. The molecule has 0 radical (unpaired) electrons. The van der Waals surface area contributed by atoms with Crippen molar-refractivity contribution in [1.29, 1.82) is 0 Å². The molecule has 1 aliphatic heterocycles. The summed E-state index contributed by atoms with van der Waals surface area (Å²) in [5, 5.41) is 12.2. The third kappa shape index (κ3) is 4.41. The number of fused-ring (bicyclic) bond motifs is 1. The average Bonchev–Trinajstić information content (AvgIpc) is 3.21. The molecule has 9 nitrogen and oxygen atoms in total. The summed E-state index contributed by atoms with van der Waals surface area (Å²) in [4.78, 5) is 50.7. The number of primary amides is 1. The van der Waals surface area contributed by atoms with Crippen molar-refractivity contribution in [2.45, 2.75) is 13.0 Å². The largest absolute Gasteiger partial charge is 0.479 e. The first kappa shape index (κ1) is 22.0. The van der Waals surface area contributed by atoms with Crippen molar-refractivity contribution in [3.63, 3.8) is 0 Å². The van der Waals surface area contributed by atoms with Gasteiger partial charge in [-0.1, -0.05) is 30.3 Å². The van der Waals surface area contributed by atoms with Crippen LogP contribution in [0.5, 0.6) is 5.75 Å². The maximum Gasteiger partial charge on any atom is 0.335 e. The van der Waals surface area contributed by atoms with Gasteiger partial charge in [-0.25, -0.2) is 4.79 Å². The molecule has 0 saturated carbocycles. The number of hydrogen-bond donors (Lipinski definition) is 3. The van der Waals surface area contributed by atoms with Crippen molar-refractivity contribution in [3.05, 3.63) is 65.7 Å². The van der Waals surface area contributed by atoms with Crippen LogP contribution in [0.4, 0.5) is 10.7 Å². The second-order valence-electron chi connectivity index (χ2n) is 7.30. The zero-order chi connectivity index (χ0) is 23.7. The summed E-state index contributed by atoms with van der Waals surface area (Å²) < 4.78 is 5.52.